The maximum Gasteiger partial charge on any atom is 0.223 e. The average Bonchev–Trinajstić information content (AvgIpc) is 3.16. The maximum atomic E-state index is 12.1. The van der Waals surface area contributed by atoms with Crippen molar-refractivity contribution in [1.29, 1.82) is 0 Å². The summed E-state index contributed by atoms with van der Waals surface area (Å²) in [6.07, 6.45) is 3.94. The van der Waals surface area contributed by atoms with Crippen LogP contribution in [0.3, 0.4) is 0 Å². The summed E-state index contributed by atoms with van der Waals surface area (Å²) in [6, 6.07) is 8.38. The number of hydrogen-bond acceptors (Lipinski definition) is 2. The van der Waals surface area contributed by atoms with Gasteiger partial charge in [0.25, 0.3) is 0 Å². The fraction of sp³-hybridized carbons (Fsp3) is 0.562. The number of carbonyl (C=O) groups is 1. The second-order valence-corrected chi connectivity index (χ2v) is 6.25. The Kier molecular flexibility index (Phi) is 3.09. The third-order valence-corrected chi connectivity index (χ3v) is 4.42. The van der Waals surface area contributed by atoms with Crippen molar-refractivity contribution >= 4 is 5.91 Å². The van der Waals surface area contributed by atoms with Crippen molar-refractivity contribution in [2.75, 3.05) is 13.1 Å². The highest BCUT2D eigenvalue weighted by Gasteiger charge is 2.51. The Morgan fingerprint density at radius 3 is 2.79 bits per heavy atom. The lowest BCUT2D eigenvalue weighted by molar-refractivity contribution is -0.139. The third kappa shape index (κ3) is 2.66. The number of carbonyl (C=O) groups excluding carboxylic acids is 1. The number of likely N-dealkylation sites (tertiary alicyclic amines) is 1. The molecule has 0 aromatic heterocycles. The molecule has 19 heavy (non-hydrogen) atoms. The van der Waals surface area contributed by atoms with Crippen LogP contribution in [0.1, 0.15) is 30.4 Å². The summed E-state index contributed by atoms with van der Waals surface area (Å²) in [4.78, 5) is 14.0. The summed E-state index contributed by atoms with van der Waals surface area (Å²) in [5.41, 5.74) is 8.71. The molecule has 1 aliphatic carbocycles. The van der Waals surface area contributed by atoms with E-state index in [0.29, 0.717) is 12.3 Å². The van der Waals surface area contributed by atoms with E-state index in [2.05, 4.69) is 31.2 Å². The lowest BCUT2D eigenvalue weighted by atomic mass is 9.85. The van der Waals surface area contributed by atoms with Crippen LogP contribution in [0.25, 0.3) is 0 Å². The summed E-state index contributed by atoms with van der Waals surface area (Å²) >= 11 is 0. The van der Waals surface area contributed by atoms with Crippen LogP contribution < -0.4 is 5.73 Å². The van der Waals surface area contributed by atoms with Crippen LogP contribution in [0, 0.1) is 12.8 Å². The van der Waals surface area contributed by atoms with Crippen molar-refractivity contribution in [2.24, 2.45) is 11.7 Å². The van der Waals surface area contributed by atoms with E-state index < -0.39 is 0 Å². The molecule has 1 amide bonds. The van der Waals surface area contributed by atoms with E-state index >= 15 is 0 Å². The van der Waals surface area contributed by atoms with Gasteiger partial charge in [0.1, 0.15) is 0 Å². The second kappa shape index (κ2) is 4.64. The van der Waals surface area contributed by atoms with Crippen molar-refractivity contribution in [1.82, 2.24) is 4.90 Å². The van der Waals surface area contributed by atoms with Gasteiger partial charge in [0.15, 0.2) is 0 Å². The molecule has 3 nitrogen and oxygen atoms in total. The van der Waals surface area contributed by atoms with Crippen LogP contribution in [-0.2, 0) is 11.2 Å². The molecule has 0 radical (unpaired) electrons. The topological polar surface area (TPSA) is 46.3 Å². The quantitative estimate of drug-likeness (QED) is 0.896. The molecular formula is C16H22N2O. The molecule has 2 aliphatic rings. The largest absolute Gasteiger partial charge is 0.339 e. The molecule has 1 aromatic carbocycles. The van der Waals surface area contributed by atoms with E-state index in [1.54, 1.807) is 0 Å². The molecule has 1 saturated carbocycles. The number of aryl methyl sites for hydroxylation is 2. The summed E-state index contributed by atoms with van der Waals surface area (Å²) in [7, 11) is 0. The predicted molar refractivity (Wildman–Crippen MR) is 75.7 cm³/mol. The number of nitrogens with two attached hydrogens (primary N) is 1. The summed E-state index contributed by atoms with van der Waals surface area (Å²) in [5.74, 6) is 0.927. The van der Waals surface area contributed by atoms with Crippen LogP contribution in [-0.4, -0.2) is 29.4 Å². The monoisotopic (exact) mass is 258 g/mol. The standard InChI is InChI=1S/C16H22N2O/c1-12-3-2-4-13(9-12)5-8-15(19)18-10-16(17,11-18)14-6-7-14/h2-4,9,14H,5-8,10-11,17H2,1H3. The smallest absolute Gasteiger partial charge is 0.223 e. The fourth-order valence-corrected chi connectivity index (χ4v) is 3.03. The van der Waals surface area contributed by atoms with Gasteiger partial charge in [-0.1, -0.05) is 29.8 Å². The van der Waals surface area contributed by atoms with Crippen LogP contribution in [0.5, 0.6) is 0 Å². The second-order valence-electron chi connectivity index (χ2n) is 6.25. The van der Waals surface area contributed by atoms with E-state index in [9.17, 15) is 4.79 Å². The zero-order valence-corrected chi connectivity index (χ0v) is 11.6. The van der Waals surface area contributed by atoms with Gasteiger partial charge < -0.3 is 10.6 Å². The molecule has 0 atom stereocenters. The molecule has 2 N–H and O–H groups in total. The van der Waals surface area contributed by atoms with Crippen LogP contribution in [0.15, 0.2) is 24.3 Å². The van der Waals surface area contributed by atoms with Crippen LogP contribution in [0.4, 0.5) is 0 Å². The Morgan fingerprint density at radius 1 is 1.42 bits per heavy atom. The first kappa shape index (κ1) is 12.7. The summed E-state index contributed by atoms with van der Waals surface area (Å²) in [5, 5.41) is 0. The minimum Gasteiger partial charge on any atom is -0.339 e. The Morgan fingerprint density at radius 2 is 2.16 bits per heavy atom. The predicted octanol–water partition coefficient (Wildman–Crippen LogP) is 1.88. The van der Waals surface area contributed by atoms with Gasteiger partial charge in [0, 0.05) is 19.5 Å². The lowest BCUT2D eigenvalue weighted by Gasteiger charge is -2.48. The van der Waals surface area contributed by atoms with Gasteiger partial charge in [-0.15, -0.1) is 0 Å². The van der Waals surface area contributed by atoms with E-state index in [1.165, 1.54) is 24.0 Å². The van der Waals surface area contributed by atoms with E-state index in [4.69, 9.17) is 5.73 Å². The highest BCUT2D eigenvalue weighted by molar-refractivity contribution is 5.77. The molecule has 1 heterocycles. The summed E-state index contributed by atoms with van der Waals surface area (Å²) < 4.78 is 0. The first-order valence-electron chi connectivity index (χ1n) is 7.19. The van der Waals surface area contributed by atoms with Crippen molar-refractivity contribution < 1.29 is 4.79 Å². The van der Waals surface area contributed by atoms with Gasteiger partial charge in [0.05, 0.1) is 5.54 Å². The normalized spacial score (nSPS) is 21.1. The van der Waals surface area contributed by atoms with Crippen molar-refractivity contribution in [3.05, 3.63) is 35.4 Å². The molecule has 2 fully saturated rings. The molecule has 1 saturated heterocycles. The van der Waals surface area contributed by atoms with Gasteiger partial charge >= 0.3 is 0 Å². The van der Waals surface area contributed by atoms with Gasteiger partial charge in [-0.3, -0.25) is 4.79 Å². The van der Waals surface area contributed by atoms with Crippen molar-refractivity contribution in [3.63, 3.8) is 0 Å². The molecular weight excluding hydrogens is 236 g/mol. The Hall–Kier alpha value is -1.35. The van der Waals surface area contributed by atoms with Gasteiger partial charge in [-0.25, -0.2) is 0 Å². The summed E-state index contributed by atoms with van der Waals surface area (Å²) in [6.45, 7) is 3.62. The molecule has 3 heteroatoms. The highest BCUT2D eigenvalue weighted by Crippen LogP contribution is 2.43. The minimum absolute atomic E-state index is 0.0566. The molecule has 0 spiro atoms. The third-order valence-electron chi connectivity index (χ3n) is 4.42. The highest BCUT2D eigenvalue weighted by atomic mass is 16.2. The van der Waals surface area contributed by atoms with Crippen molar-refractivity contribution in [3.8, 4) is 0 Å². The Bertz CT molecular complexity index is 487. The number of benzene rings is 1. The lowest BCUT2D eigenvalue weighted by Crippen LogP contribution is -2.69. The Balaban J connectivity index is 1.47. The number of hydrogen-bond donors (Lipinski definition) is 1. The van der Waals surface area contributed by atoms with E-state index in [1.807, 2.05) is 4.90 Å². The van der Waals surface area contributed by atoms with E-state index in [-0.39, 0.29) is 11.4 Å². The molecule has 0 unspecified atom stereocenters. The number of amides is 1. The van der Waals surface area contributed by atoms with Crippen molar-refractivity contribution in [2.45, 2.75) is 38.1 Å². The molecule has 0 bridgehead atoms. The zero-order valence-electron chi connectivity index (χ0n) is 11.6. The minimum atomic E-state index is -0.0566. The molecule has 3 rings (SSSR count). The van der Waals surface area contributed by atoms with Gasteiger partial charge in [-0.2, -0.15) is 0 Å². The van der Waals surface area contributed by atoms with Crippen LogP contribution in [0.2, 0.25) is 0 Å². The zero-order chi connectivity index (χ0) is 13.5. The Labute approximate surface area is 114 Å². The van der Waals surface area contributed by atoms with Gasteiger partial charge in [0.2, 0.25) is 5.91 Å². The molecule has 1 aromatic rings. The molecule has 1 aliphatic heterocycles. The average molecular weight is 258 g/mol. The van der Waals surface area contributed by atoms with E-state index in [0.717, 1.165) is 19.5 Å². The first-order valence-corrected chi connectivity index (χ1v) is 7.19. The maximum absolute atomic E-state index is 12.1. The SMILES string of the molecule is Cc1cccc(CCC(=O)N2CC(N)(C3CC3)C2)c1. The number of nitrogens with zero attached hydrogens (tertiary/aromatic N) is 1. The number of rotatable bonds is 4. The molecule has 102 valence electrons. The fourth-order valence-electron chi connectivity index (χ4n) is 3.03. The van der Waals surface area contributed by atoms with Gasteiger partial charge in [-0.05, 0) is 37.7 Å². The van der Waals surface area contributed by atoms with Crippen LogP contribution >= 0.6 is 0 Å². The first-order chi connectivity index (χ1) is 9.07.